The lowest BCUT2D eigenvalue weighted by Gasteiger charge is -2.45. The van der Waals surface area contributed by atoms with E-state index in [2.05, 4.69) is 105 Å². The molecule has 0 aliphatic carbocycles. The minimum atomic E-state index is -1.15. The summed E-state index contributed by atoms with van der Waals surface area (Å²) in [5, 5.41) is 4.15. The lowest BCUT2D eigenvalue weighted by Crippen LogP contribution is -2.61. The van der Waals surface area contributed by atoms with E-state index in [1.54, 1.807) is 24.3 Å². The van der Waals surface area contributed by atoms with Crippen molar-refractivity contribution in [3.63, 3.8) is 0 Å². The lowest BCUT2D eigenvalue weighted by molar-refractivity contribution is 0.0824. The average Bonchev–Trinajstić information content (AvgIpc) is 3.37. The van der Waals surface area contributed by atoms with Gasteiger partial charge in [0.1, 0.15) is 23.1 Å². The van der Waals surface area contributed by atoms with Crippen LogP contribution in [0.1, 0.15) is 47.2 Å². The zero-order valence-corrected chi connectivity index (χ0v) is 30.6. The van der Waals surface area contributed by atoms with Gasteiger partial charge >= 0.3 is 0 Å². The van der Waals surface area contributed by atoms with Crippen LogP contribution in [0, 0.1) is 11.6 Å². The molecule has 1 atom stereocenters. The number of hydrogen-bond acceptors (Lipinski definition) is 4. The maximum Gasteiger partial charge on any atom is 0.228 e. The van der Waals surface area contributed by atoms with Gasteiger partial charge in [-0.15, -0.1) is 0 Å². The Hall–Kier alpha value is -6.53. The van der Waals surface area contributed by atoms with Gasteiger partial charge in [0.15, 0.2) is 11.4 Å². The van der Waals surface area contributed by atoms with Gasteiger partial charge in [0, 0.05) is 45.9 Å². The third-order valence-corrected chi connectivity index (χ3v) is 11.8. The first-order valence-corrected chi connectivity index (χ1v) is 18.5. The third kappa shape index (κ3) is 4.84. The standard InChI is InChI=1S/C49H36F2N2O2/c1-47(2)42-14-8-9-15-43(42)53(3)49(47)30-52-44-40-13-7-5-11-32(40)29-34(46(44)55-49)17-16-33-28-31-10-4-6-12-39(31)41-26-27-48(54-45(33)41,35-18-22-37(50)23-19-35)36-20-24-38(51)25-21-36/h4-30H,1-3H3/b17-16-. The van der Waals surface area contributed by atoms with Crippen molar-refractivity contribution in [3.8, 4) is 11.5 Å². The quantitative estimate of drug-likeness (QED) is 0.170. The Morgan fingerprint density at radius 3 is 1.85 bits per heavy atom. The fourth-order valence-electron chi connectivity index (χ4n) is 8.78. The Labute approximate surface area is 318 Å². The second kappa shape index (κ2) is 12.0. The van der Waals surface area contributed by atoms with Crippen LogP contribution in [0.3, 0.4) is 0 Å². The molecule has 7 aromatic carbocycles. The second-order valence-corrected chi connectivity index (χ2v) is 15.1. The molecule has 0 bridgehead atoms. The molecule has 1 unspecified atom stereocenters. The van der Waals surface area contributed by atoms with E-state index in [4.69, 9.17) is 14.5 Å². The van der Waals surface area contributed by atoms with Crippen molar-refractivity contribution >= 4 is 57.4 Å². The van der Waals surface area contributed by atoms with Gasteiger partial charge in [-0.05, 0) is 90.2 Å². The highest BCUT2D eigenvalue weighted by molar-refractivity contribution is 6.04. The smallest absolute Gasteiger partial charge is 0.228 e. The molecular weight excluding hydrogens is 687 g/mol. The number of halogens is 2. The van der Waals surface area contributed by atoms with Gasteiger partial charge in [-0.1, -0.05) is 103 Å². The minimum Gasteiger partial charge on any atom is -0.472 e. The van der Waals surface area contributed by atoms with Crippen molar-refractivity contribution in [3.05, 3.63) is 185 Å². The second-order valence-electron chi connectivity index (χ2n) is 15.1. The molecule has 3 heterocycles. The van der Waals surface area contributed by atoms with Crippen LogP contribution in [0.25, 0.3) is 39.8 Å². The monoisotopic (exact) mass is 722 g/mol. The van der Waals surface area contributed by atoms with Gasteiger partial charge < -0.3 is 14.4 Å². The summed E-state index contributed by atoms with van der Waals surface area (Å²) < 4.78 is 43.0. The summed E-state index contributed by atoms with van der Waals surface area (Å²) >= 11 is 0. The van der Waals surface area contributed by atoms with Gasteiger partial charge in [-0.3, -0.25) is 4.99 Å². The van der Waals surface area contributed by atoms with Gasteiger partial charge in [-0.2, -0.15) is 0 Å². The maximum atomic E-state index is 14.3. The molecule has 6 heteroatoms. The highest BCUT2D eigenvalue weighted by Gasteiger charge is 2.58. The van der Waals surface area contributed by atoms with E-state index in [9.17, 15) is 8.78 Å². The number of para-hydroxylation sites is 1. The molecule has 0 fully saturated rings. The van der Waals surface area contributed by atoms with E-state index in [0.29, 0.717) is 11.5 Å². The summed E-state index contributed by atoms with van der Waals surface area (Å²) in [5.74, 6) is 0.655. The number of fused-ring (bicyclic) bond motifs is 7. The average molecular weight is 723 g/mol. The third-order valence-electron chi connectivity index (χ3n) is 11.8. The predicted octanol–water partition coefficient (Wildman–Crippen LogP) is 12.0. The Bertz CT molecular complexity index is 2740. The summed E-state index contributed by atoms with van der Waals surface area (Å²) in [6.45, 7) is 4.42. The summed E-state index contributed by atoms with van der Waals surface area (Å²) in [6, 6.07) is 41.8. The highest BCUT2D eigenvalue weighted by atomic mass is 19.1. The molecule has 3 aliphatic heterocycles. The van der Waals surface area contributed by atoms with Crippen molar-refractivity contribution in [2.45, 2.75) is 30.6 Å². The summed E-state index contributed by atoms with van der Waals surface area (Å²) in [7, 11) is 2.07. The number of likely N-dealkylation sites (N-methyl/N-ethyl adjacent to an activating group) is 1. The Morgan fingerprint density at radius 1 is 0.636 bits per heavy atom. The minimum absolute atomic E-state index is 0.351. The first-order chi connectivity index (χ1) is 26.7. The molecule has 1 spiro atoms. The van der Waals surface area contributed by atoms with Crippen LogP contribution in [-0.4, -0.2) is 19.0 Å². The van der Waals surface area contributed by atoms with Crippen molar-refractivity contribution in [1.82, 2.24) is 0 Å². The van der Waals surface area contributed by atoms with Crippen LogP contribution >= 0.6 is 0 Å². The number of aliphatic imine (C=N–C) groups is 1. The molecule has 0 aromatic heterocycles. The topological polar surface area (TPSA) is 34.1 Å². The van der Waals surface area contributed by atoms with Crippen molar-refractivity contribution < 1.29 is 18.3 Å². The van der Waals surface area contributed by atoms with Crippen LogP contribution in [0.4, 0.5) is 20.2 Å². The summed E-state index contributed by atoms with van der Waals surface area (Å²) in [4.78, 5) is 7.39. The summed E-state index contributed by atoms with van der Waals surface area (Å²) in [5.41, 5.74) is 4.73. The Kier molecular flexibility index (Phi) is 7.21. The first kappa shape index (κ1) is 33.1. The van der Waals surface area contributed by atoms with Crippen LogP contribution < -0.4 is 14.4 Å². The number of rotatable bonds is 4. The fraction of sp³-hybridized carbons (Fsp3) is 0.122. The number of benzene rings is 7. The molecule has 4 nitrogen and oxygen atoms in total. The van der Waals surface area contributed by atoms with Crippen LogP contribution in [-0.2, 0) is 11.0 Å². The molecule has 0 saturated carbocycles. The highest BCUT2D eigenvalue weighted by Crippen LogP contribution is 2.55. The van der Waals surface area contributed by atoms with E-state index in [-0.39, 0.29) is 11.6 Å². The van der Waals surface area contributed by atoms with E-state index in [1.807, 2.05) is 36.6 Å². The SMILES string of the molecule is CN1c2ccccc2C(C)(C)C12C=Nc1c(c(/C=C\c3cc4ccccc4c4c3OC(c3ccc(F)cc3)(c3ccc(F)cc3)C=C4)cc3ccccc13)O2. The van der Waals surface area contributed by atoms with Gasteiger partial charge in [0.2, 0.25) is 5.72 Å². The van der Waals surface area contributed by atoms with Crippen LogP contribution in [0.2, 0.25) is 0 Å². The molecule has 7 aromatic rings. The zero-order chi connectivity index (χ0) is 37.5. The van der Waals surface area contributed by atoms with E-state index in [1.165, 1.54) is 29.8 Å². The molecule has 0 N–H and O–H groups in total. The molecule has 0 saturated heterocycles. The normalized spacial score (nSPS) is 18.7. The molecule has 10 rings (SSSR count). The molecule has 0 radical (unpaired) electrons. The number of anilines is 1. The van der Waals surface area contributed by atoms with Gasteiger partial charge in [-0.25, -0.2) is 8.78 Å². The van der Waals surface area contributed by atoms with E-state index >= 15 is 0 Å². The Balaban J connectivity index is 1.15. The maximum absolute atomic E-state index is 14.3. The number of ether oxygens (including phenoxy) is 2. The lowest BCUT2D eigenvalue weighted by atomic mass is 9.77. The number of nitrogens with zero attached hydrogens (tertiary/aromatic N) is 2. The Morgan fingerprint density at radius 2 is 1.20 bits per heavy atom. The summed E-state index contributed by atoms with van der Waals surface area (Å²) in [6.07, 6.45) is 10.2. The van der Waals surface area contributed by atoms with E-state index in [0.717, 1.165) is 60.7 Å². The number of hydrogen-bond donors (Lipinski definition) is 0. The van der Waals surface area contributed by atoms with Crippen LogP contribution in [0.15, 0.2) is 145 Å². The van der Waals surface area contributed by atoms with Crippen molar-refractivity contribution in [2.75, 3.05) is 11.9 Å². The van der Waals surface area contributed by atoms with Gasteiger partial charge in [0.25, 0.3) is 0 Å². The molecular formula is C49H36F2N2O2. The largest absolute Gasteiger partial charge is 0.472 e. The molecule has 55 heavy (non-hydrogen) atoms. The van der Waals surface area contributed by atoms with Crippen molar-refractivity contribution in [1.29, 1.82) is 0 Å². The fourth-order valence-corrected chi connectivity index (χ4v) is 8.78. The molecule has 0 amide bonds. The van der Waals surface area contributed by atoms with Crippen molar-refractivity contribution in [2.24, 2.45) is 4.99 Å². The molecule has 268 valence electrons. The predicted molar refractivity (Wildman–Crippen MR) is 219 cm³/mol. The molecule has 3 aliphatic rings. The zero-order valence-electron chi connectivity index (χ0n) is 30.6. The van der Waals surface area contributed by atoms with Gasteiger partial charge in [0.05, 0.1) is 11.6 Å². The first-order valence-electron chi connectivity index (χ1n) is 18.5. The van der Waals surface area contributed by atoms with E-state index < -0.39 is 16.7 Å². The van der Waals surface area contributed by atoms with Crippen LogP contribution in [0.5, 0.6) is 11.5 Å².